The van der Waals surface area contributed by atoms with Gasteiger partial charge in [0.1, 0.15) is 12.2 Å². The molecule has 0 atom stereocenters. The average Bonchev–Trinajstić information content (AvgIpc) is 2.92. The molecule has 0 saturated heterocycles. The molecule has 1 aliphatic rings. The van der Waals surface area contributed by atoms with Crippen LogP contribution in [0.2, 0.25) is 0 Å². The summed E-state index contributed by atoms with van der Waals surface area (Å²) in [5, 5.41) is 2.92. The number of amides is 1. The van der Waals surface area contributed by atoms with Gasteiger partial charge in [0.15, 0.2) is 0 Å². The molecular formula is C19H27NO4. The quantitative estimate of drug-likeness (QED) is 0.829. The minimum absolute atomic E-state index is 0.180. The summed E-state index contributed by atoms with van der Waals surface area (Å²) in [7, 11) is 0. The van der Waals surface area contributed by atoms with E-state index in [1.165, 1.54) is 0 Å². The van der Waals surface area contributed by atoms with Crippen LogP contribution in [0.1, 0.15) is 58.4 Å². The molecule has 0 heterocycles. The highest BCUT2D eigenvalue weighted by molar-refractivity contribution is 5.74. The van der Waals surface area contributed by atoms with Gasteiger partial charge in [0.05, 0.1) is 12.0 Å². The van der Waals surface area contributed by atoms with Gasteiger partial charge in [-0.2, -0.15) is 0 Å². The monoisotopic (exact) mass is 333 g/mol. The summed E-state index contributed by atoms with van der Waals surface area (Å²) < 4.78 is 10.7. The van der Waals surface area contributed by atoms with Crippen molar-refractivity contribution in [2.75, 3.05) is 0 Å². The van der Waals surface area contributed by atoms with Gasteiger partial charge in [0.2, 0.25) is 0 Å². The number of esters is 1. The SMILES string of the molecule is CC(C)(C)OC(=O)NC1(CC(=O)OCc2ccccc2)CCCC1. The van der Waals surface area contributed by atoms with Crippen LogP contribution in [0.25, 0.3) is 0 Å². The Hall–Kier alpha value is -2.04. The van der Waals surface area contributed by atoms with Crippen LogP contribution in [0.3, 0.4) is 0 Å². The fourth-order valence-electron chi connectivity index (χ4n) is 2.98. The fraction of sp³-hybridized carbons (Fsp3) is 0.579. The Balaban J connectivity index is 1.90. The number of benzene rings is 1. The van der Waals surface area contributed by atoms with E-state index in [1.54, 1.807) is 0 Å². The number of hydrogen-bond acceptors (Lipinski definition) is 4. The molecule has 0 spiro atoms. The van der Waals surface area contributed by atoms with Gasteiger partial charge in [-0.1, -0.05) is 43.2 Å². The maximum Gasteiger partial charge on any atom is 0.408 e. The summed E-state index contributed by atoms with van der Waals surface area (Å²) in [5.41, 5.74) is -0.153. The van der Waals surface area contributed by atoms with E-state index in [9.17, 15) is 9.59 Å². The number of alkyl carbamates (subject to hydrolysis) is 1. The minimum Gasteiger partial charge on any atom is -0.461 e. The zero-order chi connectivity index (χ0) is 17.6. The third-order valence-electron chi connectivity index (χ3n) is 4.05. The van der Waals surface area contributed by atoms with Crippen LogP contribution in [0.4, 0.5) is 4.79 Å². The Bertz CT molecular complexity index is 556. The molecule has 1 fully saturated rings. The summed E-state index contributed by atoms with van der Waals surface area (Å²) >= 11 is 0. The van der Waals surface area contributed by atoms with E-state index in [0.29, 0.717) is 0 Å². The molecule has 132 valence electrons. The first-order valence-corrected chi connectivity index (χ1v) is 8.49. The lowest BCUT2D eigenvalue weighted by molar-refractivity contribution is -0.146. The van der Waals surface area contributed by atoms with Gasteiger partial charge in [-0.25, -0.2) is 4.79 Å². The van der Waals surface area contributed by atoms with E-state index in [4.69, 9.17) is 9.47 Å². The first kappa shape index (κ1) is 18.3. The third-order valence-corrected chi connectivity index (χ3v) is 4.05. The third kappa shape index (κ3) is 5.87. The van der Waals surface area contributed by atoms with Crippen molar-refractivity contribution in [2.24, 2.45) is 0 Å². The van der Waals surface area contributed by atoms with Crippen LogP contribution >= 0.6 is 0 Å². The summed E-state index contributed by atoms with van der Waals surface area (Å²) in [4.78, 5) is 24.3. The van der Waals surface area contributed by atoms with Crippen LogP contribution in [0.15, 0.2) is 30.3 Å². The molecule has 0 aliphatic heterocycles. The van der Waals surface area contributed by atoms with Crippen molar-refractivity contribution in [3.05, 3.63) is 35.9 Å². The van der Waals surface area contributed by atoms with Gasteiger partial charge < -0.3 is 14.8 Å². The molecule has 1 aliphatic carbocycles. The summed E-state index contributed by atoms with van der Waals surface area (Å²) in [6.45, 7) is 5.72. The second kappa shape index (κ2) is 7.69. The number of nitrogens with one attached hydrogen (secondary N) is 1. The Morgan fingerprint density at radius 3 is 2.33 bits per heavy atom. The Kier molecular flexibility index (Phi) is 5.86. The normalized spacial score (nSPS) is 16.5. The predicted molar refractivity (Wildman–Crippen MR) is 91.4 cm³/mol. The topological polar surface area (TPSA) is 64.6 Å². The molecule has 24 heavy (non-hydrogen) atoms. The van der Waals surface area contributed by atoms with Crippen molar-refractivity contribution in [2.45, 2.75) is 70.6 Å². The van der Waals surface area contributed by atoms with Gasteiger partial charge in [-0.15, -0.1) is 0 Å². The Labute approximate surface area is 143 Å². The number of carbonyl (C=O) groups is 2. The molecule has 0 radical (unpaired) electrons. The second-order valence-electron chi connectivity index (χ2n) is 7.44. The molecule has 0 aromatic heterocycles. The maximum absolute atomic E-state index is 12.2. The van der Waals surface area contributed by atoms with Gasteiger partial charge in [-0.3, -0.25) is 4.79 Å². The molecule has 2 rings (SSSR count). The van der Waals surface area contributed by atoms with Crippen molar-refractivity contribution in [1.29, 1.82) is 0 Å². The summed E-state index contributed by atoms with van der Waals surface area (Å²) in [5.74, 6) is -0.295. The van der Waals surface area contributed by atoms with E-state index in [-0.39, 0.29) is 19.0 Å². The Morgan fingerprint density at radius 2 is 1.75 bits per heavy atom. The predicted octanol–water partition coefficient (Wildman–Crippen LogP) is 3.96. The van der Waals surface area contributed by atoms with E-state index in [1.807, 2.05) is 51.1 Å². The first-order valence-electron chi connectivity index (χ1n) is 8.49. The standard InChI is InChI=1S/C19H27NO4/c1-18(2,3)24-17(22)20-19(11-7-8-12-19)13-16(21)23-14-15-9-5-4-6-10-15/h4-6,9-10H,7-8,11-14H2,1-3H3,(H,20,22). The molecule has 1 aromatic carbocycles. The average molecular weight is 333 g/mol. The van der Waals surface area contributed by atoms with Gasteiger partial charge in [0, 0.05) is 0 Å². The number of carbonyl (C=O) groups excluding carboxylic acids is 2. The zero-order valence-electron chi connectivity index (χ0n) is 14.8. The van der Waals surface area contributed by atoms with Gasteiger partial charge in [0.25, 0.3) is 0 Å². The van der Waals surface area contributed by atoms with Crippen LogP contribution in [0, 0.1) is 0 Å². The zero-order valence-corrected chi connectivity index (χ0v) is 14.8. The maximum atomic E-state index is 12.2. The van der Waals surface area contributed by atoms with Gasteiger partial charge >= 0.3 is 12.1 Å². The molecule has 1 amide bonds. The molecule has 1 N–H and O–H groups in total. The van der Waals surface area contributed by atoms with E-state index < -0.39 is 17.2 Å². The Morgan fingerprint density at radius 1 is 1.12 bits per heavy atom. The van der Waals surface area contributed by atoms with Crippen molar-refractivity contribution in [1.82, 2.24) is 5.32 Å². The number of rotatable bonds is 5. The smallest absolute Gasteiger partial charge is 0.408 e. The lowest BCUT2D eigenvalue weighted by atomic mass is 9.93. The summed E-state index contributed by atoms with van der Waals surface area (Å²) in [6.07, 6.45) is 3.22. The van der Waals surface area contributed by atoms with E-state index in [0.717, 1.165) is 31.2 Å². The van der Waals surface area contributed by atoms with E-state index in [2.05, 4.69) is 5.32 Å². The highest BCUT2D eigenvalue weighted by Crippen LogP contribution is 2.33. The highest BCUT2D eigenvalue weighted by Gasteiger charge is 2.39. The molecular weight excluding hydrogens is 306 g/mol. The largest absolute Gasteiger partial charge is 0.461 e. The lowest BCUT2D eigenvalue weighted by Gasteiger charge is -2.31. The highest BCUT2D eigenvalue weighted by atomic mass is 16.6. The molecule has 1 saturated carbocycles. The van der Waals surface area contributed by atoms with Gasteiger partial charge in [-0.05, 0) is 39.2 Å². The summed E-state index contributed by atoms with van der Waals surface area (Å²) in [6, 6.07) is 9.57. The first-order chi connectivity index (χ1) is 11.3. The molecule has 1 aromatic rings. The van der Waals surface area contributed by atoms with Crippen molar-refractivity contribution >= 4 is 12.1 Å². The molecule has 0 bridgehead atoms. The van der Waals surface area contributed by atoms with Crippen LogP contribution in [-0.2, 0) is 20.9 Å². The second-order valence-corrected chi connectivity index (χ2v) is 7.44. The fourth-order valence-corrected chi connectivity index (χ4v) is 2.98. The van der Waals surface area contributed by atoms with Crippen LogP contribution < -0.4 is 5.32 Å². The molecule has 0 unspecified atom stereocenters. The van der Waals surface area contributed by atoms with Crippen LogP contribution in [0.5, 0.6) is 0 Å². The van der Waals surface area contributed by atoms with Crippen LogP contribution in [-0.4, -0.2) is 23.2 Å². The minimum atomic E-state index is -0.558. The number of ether oxygens (including phenoxy) is 2. The molecule has 5 nitrogen and oxygen atoms in total. The number of hydrogen-bond donors (Lipinski definition) is 1. The van der Waals surface area contributed by atoms with Crippen molar-refractivity contribution < 1.29 is 19.1 Å². The molecule has 5 heteroatoms. The van der Waals surface area contributed by atoms with Crippen molar-refractivity contribution in [3.8, 4) is 0 Å². The van der Waals surface area contributed by atoms with Crippen molar-refractivity contribution in [3.63, 3.8) is 0 Å². The lowest BCUT2D eigenvalue weighted by Crippen LogP contribution is -2.49. The van der Waals surface area contributed by atoms with E-state index >= 15 is 0 Å².